The third kappa shape index (κ3) is 6.40. The molecule has 1 aliphatic rings. The molecule has 5 nitrogen and oxygen atoms in total. The second-order valence-corrected chi connectivity index (χ2v) is 6.68. The number of nitrogens with zero attached hydrogens (tertiary/aromatic N) is 2. The van der Waals surface area contributed by atoms with Crippen molar-refractivity contribution in [2.45, 2.75) is 32.7 Å². The summed E-state index contributed by atoms with van der Waals surface area (Å²) in [6, 6.07) is 8.68. The number of nitrogens with one attached hydrogen (secondary N) is 2. The van der Waals surface area contributed by atoms with Crippen LogP contribution in [0.5, 0.6) is 5.75 Å². The molecule has 1 atom stereocenters. The molecule has 134 valence electrons. The zero-order chi connectivity index (χ0) is 17.4. The van der Waals surface area contributed by atoms with Crippen LogP contribution in [0.4, 0.5) is 0 Å². The summed E-state index contributed by atoms with van der Waals surface area (Å²) in [5, 5.41) is 6.66. The highest BCUT2D eigenvalue weighted by molar-refractivity contribution is 5.79. The molecule has 1 aliphatic carbocycles. The number of hydrogen-bond donors (Lipinski definition) is 2. The van der Waals surface area contributed by atoms with E-state index >= 15 is 0 Å². The molecule has 1 saturated carbocycles. The molecular weight excluding hydrogens is 300 g/mol. The predicted octanol–water partition coefficient (Wildman–Crippen LogP) is 2.27. The topological polar surface area (TPSA) is 48.9 Å². The second kappa shape index (κ2) is 9.52. The maximum Gasteiger partial charge on any atom is 0.191 e. The number of likely N-dealkylation sites (N-methyl/N-ethyl adjacent to an activating group) is 1. The van der Waals surface area contributed by atoms with Gasteiger partial charge in [0.05, 0.1) is 13.1 Å². The van der Waals surface area contributed by atoms with E-state index in [0.29, 0.717) is 12.6 Å². The molecule has 0 spiro atoms. The van der Waals surface area contributed by atoms with Crippen molar-refractivity contribution in [3.05, 3.63) is 29.8 Å². The normalized spacial score (nSPS) is 16.1. The molecule has 2 N–H and O–H groups in total. The third-order valence-electron chi connectivity index (χ3n) is 4.29. The molecule has 0 saturated heterocycles. The Hall–Kier alpha value is -1.75. The lowest BCUT2D eigenvalue weighted by Gasteiger charge is -2.23. The molecular formula is C19H32N4O. The Morgan fingerprint density at radius 1 is 1.25 bits per heavy atom. The molecule has 0 bridgehead atoms. The van der Waals surface area contributed by atoms with E-state index < -0.39 is 0 Å². The van der Waals surface area contributed by atoms with Crippen molar-refractivity contribution in [3.8, 4) is 5.75 Å². The summed E-state index contributed by atoms with van der Waals surface area (Å²) in [6.45, 7) is 7.22. The van der Waals surface area contributed by atoms with Crippen LogP contribution in [0.2, 0.25) is 0 Å². The van der Waals surface area contributed by atoms with Gasteiger partial charge in [0.25, 0.3) is 0 Å². The Morgan fingerprint density at radius 2 is 1.96 bits per heavy atom. The number of ether oxygens (including phenoxy) is 1. The lowest BCUT2D eigenvalue weighted by atomic mass is 10.2. The van der Waals surface area contributed by atoms with Crippen LogP contribution in [0.1, 0.15) is 25.3 Å². The number of hydrogen-bond acceptors (Lipinski definition) is 3. The van der Waals surface area contributed by atoms with Crippen molar-refractivity contribution in [2.75, 3.05) is 40.3 Å². The number of benzene rings is 1. The van der Waals surface area contributed by atoms with Gasteiger partial charge in [-0.3, -0.25) is 4.99 Å². The van der Waals surface area contributed by atoms with Gasteiger partial charge in [-0.25, -0.2) is 0 Å². The molecule has 5 heteroatoms. The number of rotatable bonds is 9. The van der Waals surface area contributed by atoms with E-state index in [4.69, 9.17) is 9.73 Å². The molecule has 0 aromatic heterocycles. The van der Waals surface area contributed by atoms with Crippen LogP contribution in [-0.2, 0) is 0 Å². The van der Waals surface area contributed by atoms with Crippen molar-refractivity contribution in [2.24, 2.45) is 10.9 Å². The molecule has 24 heavy (non-hydrogen) atoms. The van der Waals surface area contributed by atoms with E-state index in [-0.39, 0.29) is 0 Å². The van der Waals surface area contributed by atoms with Crippen LogP contribution in [0.25, 0.3) is 0 Å². The summed E-state index contributed by atoms with van der Waals surface area (Å²) < 4.78 is 5.75. The van der Waals surface area contributed by atoms with Gasteiger partial charge in [0.1, 0.15) is 12.4 Å². The Morgan fingerprint density at radius 3 is 2.54 bits per heavy atom. The van der Waals surface area contributed by atoms with E-state index in [1.807, 2.05) is 12.1 Å². The number of guanidine groups is 1. The fourth-order valence-electron chi connectivity index (χ4n) is 2.71. The first kappa shape index (κ1) is 18.6. The fraction of sp³-hybridized carbons (Fsp3) is 0.632. The number of aliphatic imine (C=N–C) groups is 1. The summed E-state index contributed by atoms with van der Waals surface area (Å²) in [7, 11) is 4.29. The van der Waals surface area contributed by atoms with Crippen LogP contribution in [0, 0.1) is 12.8 Å². The minimum absolute atomic E-state index is 0.546. The van der Waals surface area contributed by atoms with Crippen molar-refractivity contribution in [3.63, 3.8) is 0 Å². The average Bonchev–Trinajstić information content (AvgIpc) is 3.38. The predicted molar refractivity (Wildman–Crippen MR) is 101 cm³/mol. The third-order valence-corrected chi connectivity index (χ3v) is 4.29. The van der Waals surface area contributed by atoms with Crippen molar-refractivity contribution >= 4 is 5.96 Å². The van der Waals surface area contributed by atoms with Crippen molar-refractivity contribution in [1.29, 1.82) is 0 Å². The Labute approximate surface area is 146 Å². The first-order chi connectivity index (χ1) is 11.6. The van der Waals surface area contributed by atoms with Crippen LogP contribution in [0.3, 0.4) is 0 Å². The van der Waals surface area contributed by atoms with E-state index in [0.717, 1.165) is 37.3 Å². The summed E-state index contributed by atoms with van der Waals surface area (Å²) in [5.41, 5.74) is 1.24. The highest BCUT2D eigenvalue weighted by Crippen LogP contribution is 2.34. The van der Waals surface area contributed by atoms with Gasteiger partial charge in [-0.15, -0.1) is 0 Å². The van der Waals surface area contributed by atoms with Crippen molar-refractivity contribution in [1.82, 2.24) is 15.5 Å². The average molecular weight is 332 g/mol. The van der Waals surface area contributed by atoms with Crippen molar-refractivity contribution < 1.29 is 4.74 Å². The molecule has 1 fully saturated rings. The molecule has 1 unspecified atom stereocenters. The molecule has 0 heterocycles. The minimum atomic E-state index is 0.546. The van der Waals surface area contributed by atoms with Crippen LogP contribution >= 0.6 is 0 Å². The van der Waals surface area contributed by atoms with Gasteiger partial charge in [-0.05, 0) is 58.8 Å². The van der Waals surface area contributed by atoms with Gasteiger partial charge >= 0.3 is 0 Å². The second-order valence-electron chi connectivity index (χ2n) is 6.68. The first-order valence-electron chi connectivity index (χ1n) is 8.98. The summed E-state index contributed by atoms with van der Waals surface area (Å²) >= 11 is 0. The molecule has 1 aromatic rings. The van der Waals surface area contributed by atoms with E-state index in [1.54, 1.807) is 0 Å². The maximum atomic E-state index is 5.75. The molecule has 0 radical (unpaired) electrons. The van der Waals surface area contributed by atoms with Crippen LogP contribution in [-0.4, -0.2) is 57.2 Å². The quantitative estimate of drug-likeness (QED) is 0.414. The summed E-state index contributed by atoms with van der Waals surface area (Å²) in [6.07, 6.45) is 2.68. The Kier molecular flexibility index (Phi) is 7.37. The zero-order valence-electron chi connectivity index (χ0n) is 15.5. The van der Waals surface area contributed by atoms with Gasteiger partial charge in [0.15, 0.2) is 5.96 Å². The summed E-state index contributed by atoms with van der Waals surface area (Å²) in [4.78, 5) is 7.05. The van der Waals surface area contributed by atoms with E-state index in [1.165, 1.54) is 18.4 Å². The molecule has 1 aromatic carbocycles. The van der Waals surface area contributed by atoms with E-state index in [9.17, 15) is 0 Å². The standard InChI is InChI=1S/C19H32N4O/c1-5-20-19(22-14-18(23(3)4)16-8-9-16)21-12-13-24-17-10-6-15(2)7-11-17/h6-7,10-11,16,18H,5,8-9,12-14H2,1-4H3,(H2,20,21,22). The Balaban J connectivity index is 1.75. The smallest absolute Gasteiger partial charge is 0.191 e. The summed E-state index contributed by atoms with van der Waals surface area (Å²) in [5.74, 6) is 2.60. The maximum absolute atomic E-state index is 5.75. The highest BCUT2D eigenvalue weighted by Gasteiger charge is 2.32. The lowest BCUT2D eigenvalue weighted by molar-refractivity contribution is 0.271. The van der Waals surface area contributed by atoms with E-state index in [2.05, 4.69) is 55.6 Å². The zero-order valence-corrected chi connectivity index (χ0v) is 15.5. The Bertz CT molecular complexity index is 507. The fourth-order valence-corrected chi connectivity index (χ4v) is 2.71. The highest BCUT2D eigenvalue weighted by atomic mass is 16.5. The van der Waals surface area contributed by atoms with Crippen LogP contribution < -0.4 is 15.4 Å². The van der Waals surface area contributed by atoms with Gasteiger partial charge in [0.2, 0.25) is 0 Å². The van der Waals surface area contributed by atoms with Gasteiger partial charge < -0.3 is 20.3 Å². The molecule has 0 aliphatic heterocycles. The lowest BCUT2D eigenvalue weighted by Crippen LogP contribution is -2.41. The van der Waals surface area contributed by atoms with Gasteiger partial charge in [0, 0.05) is 12.6 Å². The monoisotopic (exact) mass is 332 g/mol. The van der Waals surface area contributed by atoms with Gasteiger partial charge in [-0.2, -0.15) is 0 Å². The SMILES string of the molecule is CCNC(=NCC(C1CC1)N(C)C)NCCOc1ccc(C)cc1. The first-order valence-corrected chi connectivity index (χ1v) is 8.98. The molecule has 2 rings (SSSR count). The molecule has 0 amide bonds. The van der Waals surface area contributed by atoms with Gasteiger partial charge in [-0.1, -0.05) is 17.7 Å². The minimum Gasteiger partial charge on any atom is -0.492 e. The number of aryl methyl sites for hydroxylation is 1. The van der Waals surface area contributed by atoms with Crippen LogP contribution in [0.15, 0.2) is 29.3 Å². The largest absolute Gasteiger partial charge is 0.492 e.